The van der Waals surface area contributed by atoms with Gasteiger partial charge in [0, 0.05) is 12.8 Å². The normalized spacial score (nSPS) is 20.6. The van der Waals surface area contributed by atoms with Gasteiger partial charge in [0.2, 0.25) is 0 Å². The number of esters is 2. The van der Waals surface area contributed by atoms with Gasteiger partial charge in [-0.2, -0.15) is 8.42 Å². The molecule has 1 aliphatic rings. The highest BCUT2D eigenvalue weighted by atomic mass is 32.2. The van der Waals surface area contributed by atoms with Crippen LogP contribution in [-0.2, 0) is 38.7 Å². The summed E-state index contributed by atoms with van der Waals surface area (Å²) in [5, 5.41) is 30.8. The second kappa shape index (κ2) is 34.5. The second-order valence-corrected chi connectivity index (χ2v) is 17.6. The molecule has 0 aromatic rings. The largest absolute Gasteiger partial charge is 0.462 e. The minimum Gasteiger partial charge on any atom is -0.462 e. The number of carbonyl (C=O) groups is 2. The van der Waals surface area contributed by atoms with Gasteiger partial charge in [0.1, 0.15) is 36.8 Å². The Bertz CT molecular complexity index is 1060. The molecule has 0 aromatic carbocycles. The first-order valence-electron chi connectivity index (χ1n) is 22.6. The number of hydrogen-bond acceptors (Lipinski definition) is 11. The molecule has 0 aliphatic carbocycles. The van der Waals surface area contributed by atoms with Crippen LogP contribution in [0.15, 0.2) is 0 Å². The van der Waals surface area contributed by atoms with Gasteiger partial charge in [-0.15, -0.1) is 0 Å². The number of rotatable bonds is 38. The van der Waals surface area contributed by atoms with E-state index in [-0.39, 0.29) is 19.4 Å². The third kappa shape index (κ3) is 29.0. The molecular formula is C43H82O12S. The topological polar surface area (TPSA) is 186 Å². The van der Waals surface area contributed by atoms with Gasteiger partial charge in [-0.25, -0.2) is 0 Å². The molecule has 1 fully saturated rings. The predicted molar refractivity (Wildman–Crippen MR) is 220 cm³/mol. The van der Waals surface area contributed by atoms with Crippen molar-refractivity contribution in [2.24, 2.45) is 0 Å². The number of aliphatic hydroxyl groups is 3. The number of hydrogen-bond donors (Lipinski definition) is 4. The molecule has 0 amide bonds. The Morgan fingerprint density at radius 2 is 0.911 bits per heavy atom. The van der Waals surface area contributed by atoms with Crippen molar-refractivity contribution in [3.8, 4) is 0 Å². The van der Waals surface area contributed by atoms with E-state index in [1.807, 2.05) is 0 Å². The molecular weight excluding hydrogens is 741 g/mol. The molecule has 0 radical (unpaired) electrons. The van der Waals surface area contributed by atoms with Gasteiger partial charge in [0.15, 0.2) is 12.4 Å². The molecule has 1 saturated heterocycles. The summed E-state index contributed by atoms with van der Waals surface area (Å²) >= 11 is 0. The number of unbranched alkanes of at least 4 members (excludes halogenated alkanes) is 26. The predicted octanol–water partition coefficient (Wildman–Crippen LogP) is 8.90. The van der Waals surface area contributed by atoms with Crippen LogP contribution in [0.1, 0.15) is 206 Å². The van der Waals surface area contributed by atoms with Crippen molar-refractivity contribution in [1.82, 2.24) is 0 Å². The lowest BCUT2D eigenvalue weighted by Crippen LogP contribution is -2.60. The molecule has 0 spiro atoms. The van der Waals surface area contributed by atoms with E-state index in [4.69, 9.17) is 18.9 Å². The minimum atomic E-state index is -4.59. The summed E-state index contributed by atoms with van der Waals surface area (Å²) in [6.07, 6.45) is 24.4. The molecule has 0 saturated carbocycles. The van der Waals surface area contributed by atoms with Gasteiger partial charge in [0.05, 0.1) is 6.61 Å². The van der Waals surface area contributed by atoms with Gasteiger partial charge in [-0.1, -0.05) is 181 Å². The maximum atomic E-state index is 12.8. The number of aliphatic hydroxyl groups excluding tert-OH is 3. The van der Waals surface area contributed by atoms with E-state index in [0.717, 1.165) is 38.5 Å². The Kier molecular flexibility index (Phi) is 32.5. The Hall–Kier alpha value is -1.35. The second-order valence-electron chi connectivity index (χ2n) is 16.1. The van der Waals surface area contributed by atoms with Gasteiger partial charge >= 0.3 is 11.9 Å². The van der Waals surface area contributed by atoms with E-state index in [9.17, 15) is 37.9 Å². The molecule has 0 aromatic heterocycles. The molecule has 6 atom stereocenters. The van der Waals surface area contributed by atoms with Crippen LogP contribution in [0.2, 0.25) is 0 Å². The fourth-order valence-corrected chi connectivity index (χ4v) is 7.84. The Morgan fingerprint density at radius 1 is 0.536 bits per heavy atom. The quantitative estimate of drug-likeness (QED) is 0.0264. The maximum Gasteiger partial charge on any atom is 0.306 e. The Balaban J connectivity index is 2.42. The summed E-state index contributed by atoms with van der Waals surface area (Å²) in [7, 11) is -4.59. The Morgan fingerprint density at radius 3 is 1.30 bits per heavy atom. The summed E-state index contributed by atoms with van der Waals surface area (Å²) in [4.78, 5) is 25.3. The highest BCUT2D eigenvalue weighted by Crippen LogP contribution is 2.24. The van der Waals surface area contributed by atoms with Crippen LogP contribution in [0.25, 0.3) is 0 Å². The molecule has 2 unspecified atom stereocenters. The van der Waals surface area contributed by atoms with Crippen molar-refractivity contribution in [2.75, 3.05) is 19.0 Å². The van der Waals surface area contributed by atoms with E-state index < -0.39 is 71.2 Å². The van der Waals surface area contributed by atoms with Crippen LogP contribution in [-0.4, -0.2) is 96.0 Å². The van der Waals surface area contributed by atoms with Gasteiger partial charge in [0.25, 0.3) is 10.1 Å². The van der Waals surface area contributed by atoms with Crippen LogP contribution in [0, 0.1) is 0 Å². The molecule has 4 N–H and O–H groups in total. The molecule has 0 bridgehead atoms. The summed E-state index contributed by atoms with van der Waals surface area (Å²) in [5.74, 6) is -1.96. The minimum absolute atomic E-state index is 0.172. The molecule has 56 heavy (non-hydrogen) atoms. The lowest BCUT2D eigenvalue weighted by Gasteiger charge is -2.40. The van der Waals surface area contributed by atoms with Crippen LogP contribution in [0.3, 0.4) is 0 Å². The van der Waals surface area contributed by atoms with E-state index in [2.05, 4.69) is 13.8 Å². The van der Waals surface area contributed by atoms with Crippen LogP contribution < -0.4 is 0 Å². The molecule has 13 heteroatoms. The highest BCUT2D eigenvalue weighted by molar-refractivity contribution is 7.85. The zero-order valence-electron chi connectivity index (χ0n) is 35.3. The standard InChI is InChI=1S/C43H82O12S/c1-3-5-7-9-11-13-15-16-17-18-19-20-22-24-26-28-30-32-39(45)54-36(33-52-38(44)31-29-27-25-23-21-14-12-10-8-6-4-2)34-53-43-42(48)41(47)40(46)37(55-43)35-56(49,50)51/h36-37,40-43,46-48H,3-35H2,1-2H3,(H,49,50,51)/t36-,37-,40-,41?,42?,43+/m1/s1. The summed E-state index contributed by atoms with van der Waals surface area (Å²) in [6, 6.07) is 0. The van der Waals surface area contributed by atoms with E-state index in [1.54, 1.807) is 0 Å². The summed E-state index contributed by atoms with van der Waals surface area (Å²) in [6.45, 7) is 3.77. The van der Waals surface area contributed by atoms with E-state index >= 15 is 0 Å². The van der Waals surface area contributed by atoms with Crippen molar-refractivity contribution in [1.29, 1.82) is 0 Å². The van der Waals surface area contributed by atoms with Crippen LogP contribution in [0.4, 0.5) is 0 Å². The molecule has 1 rings (SSSR count). The third-order valence-corrected chi connectivity index (χ3v) is 11.4. The van der Waals surface area contributed by atoms with Crippen molar-refractivity contribution in [3.05, 3.63) is 0 Å². The molecule has 12 nitrogen and oxygen atoms in total. The monoisotopic (exact) mass is 823 g/mol. The van der Waals surface area contributed by atoms with Gasteiger partial charge < -0.3 is 34.3 Å². The fraction of sp³-hybridized carbons (Fsp3) is 0.953. The molecule has 1 aliphatic heterocycles. The number of ether oxygens (including phenoxy) is 4. The Labute approximate surface area is 340 Å². The lowest BCUT2D eigenvalue weighted by atomic mass is 10.00. The third-order valence-electron chi connectivity index (χ3n) is 10.7. The smallest absolute Gasteiger partial charge is 0.306 e. The van der Waals surface area contributed by atoms with Crippen LogP contribution in [0.5, 0.6) is 0 Å². The molecule has 1 heterocycles. The summed E-state index contributed by atoms with van der Waals surface area (Å²) < 4.78 is 54.0. The van der Waals surface area contributed by atoms with Crippen molar-refractivity contribution in [3.63, 3.8) is 0 Å². The van der Waals surface area contributed by atoms with E-state index in [1.165, 1.54) is 128 Å². The van der Waals surface area contributed by atoms with Crippen LogP contribution >= 0.6 is 0 Å². The maximum absolute atomic E-state index is 12.8. The van der Waals surface area contributed by atoms with Gasteiger partial charge in [-0.05, 0) is 12.8 Å². The van der Waals surface area contributed by atoms with Crippen molar-refractivity contribution in [2.45, 2.75) is 243 Å². The highest BCUT2D eigenvalue weighted by Gasteiger charge is 2.46. The summed E-state index contributed by atoms with van der Waals surface area (Å²) in [5.41, 5.74) is 0. The van der Waals surface area contributed by atoms with Gasteiger partial charge in [-0.3, -0.25) is 14.1 Å². The fourth-order valence-electron chi connectivity index (χ4n) is 7.15. The first-order chi connectivity index (χ1) is 27.0. The van der Waals surface area contributed by atoms with Crippen molar-refractivity contribution >= 4 is 22.1 Å². The first kappa shape index (κ1) is 52.7. The average molecular weight is 823 g/mol. The average Bonchev–Trinajstić information content (AvgIpc) is 3.16. The zero-order chi connectivity index (χ0) is 41.3. The SMILES string of the molecule is CCCCCCCCCCCCCCCCCCCC(=O)O[C@H](COC(=O)CCCCCCCCCCCCC)CO[C@H]1O[C@H](CS(=O)(=O)O)[C@@H](O)C(O)C1O. The number of carbonyl (C=O) groups excluding carboxylic acids is 2. The lowest BCUT2D eigenvalue weighted by molar-refractivity contribution is -0.297. The van der Waals surface area contributed by atoms with E-state index in [0.29, 0.717) is 12.8 Å². The molecule has 332 valence electrons. The first-order valence-corrected chi connectivity index (χ1v) is 24.2. The van der Waals surface area contributed by atoms with Crippen molar-refractivity contribution < 1.29 is 56.8 Å². The zero-order valence-corrected chi connectivity index (χ0v) is 36.1.